The predicted octanol–water partition coefficient (Wildman–Crippen LogP) is 4.17. The van der Waals surface area contributed by atoms with Gasteiger partial charge in [-0.05, 0) is 67.7 Å². The zero-order valence-electron chi connectivity index (χ0n) is 13.0. The number of benzene rings is 1. The van der Waals surface area contributed by atoms with Crippen molar-refractivity contribution >= 4 is 0 Å². The van der Waals surface area contributed by atoms with Crippen molar-refractivity contribution in [3.63, 3.8) is 0 Å². The van der Waals surface area contributed by atoms with E-state index in [-0.39, 0.29) is 0 Å². The highest BCUT2D eigenvalue weighted by Crippen LogP contribution is 2.42. The van der Waals surface area contributed by atoms with Crippen molar-refractivity contribution in [2.75, 3.05) is 13.7 Å². The van der Waals surface area contributed by atoms with Crippen molar-refractivity contribution in [1.29, 1.82) is 0 Å². The molecule has 0 aromatic heterocycles. The Hall–Kier alpha value is -1.02. The van der Waals surface area contributed by atoms with E-state index < -0.39 is 0 Å². The minimum atomic E-state index is 0.316. The second-order valence-corrected chi connectivity index (χ2v) is 6.46. The summed E-state index contributed by atoms with van der Waals surface area (Å²) < 4.78 is 5.33. The number of nitrogens with two attached hydrogens (primary N) is 1. The largest absolute Gasteiger partial charge is 0.497 e. The molecule has 2 heteroatoms. The first-order chi connectivity index (χ1) is 9.71. The molecule has 0 atom stereocenters. The van der Waals surface area contributed by atoms with Gasteiger partial charge in [-0.15, -0.1) is 0 Å². The van der Waals surface area contributed by atoms with Crippen molar-refractivity contribution in [3.8, 4) is 5.75 Å². The van der Waals surface area contributed by atoms with E-state index in [9.17, 15) is 0 Å². The quantitative estimate of drug-likeness (QED) is 0.845. The highest BCUT2D eigenvalue weighted by molar-refractivity contribution is 5.29. The molecule has 2 rings (SSSR count). The summed E-state index contributed by atoms with van der Waals surface area (Å²) in [5.74, 6) is 1.89. The monoisotopic (exact) mass is 275 g/mol. The lowest BCUT2D eigenvalue weighted by Crippen LogP contribution is -2.36. The Bertz CT molecular complexity index is 408. The van der Waals surface area contributed by atoms with Crippen LogP contribution >= 0.6 is 0 Å². The third kappa shape index (κ3) is 3.76. The second kappa shape index (κ2) is 7.12. The van der Waals surface area contributed by atoms with Gasteiger partial charge in [0.15, 0.2) is 0 Å². The van der Waals surface area contributed by atoms with Crippen LogP contribution in [0.4, 0.5) is 0 Å². The molecular weight excluding hydrogens is 246 g/mol. The number of hydrogen-bond acceptors (Lipinski definition) is 2. The molecular formula is C18H29NO. The van der Waals surface area contributed by atoms with Gasteiger partial charge >= 0.3 is 0 Å². The lowest BCUT2D eigenvalue weighted by Gasteiger charge is -2.40. The van der Waals surface area contributed by atoms with Gasteiger partial charge in [0.05, 0.1) is 7.11 Å². The van der Waals surface area contributed by atoms with E-state index in [2.05, 4.69) is 25.1 Å². The van der Waals surface area contributed by atoms with Crippen molar-refractivity contribution < 1.29 is 4.74 Å². The summed E-state index contributed by atoms with van der Waals surface area (Å²) in [6.45, 7) is 3.10. The summed E-state index contributed by atoms with van der Waals surface area (Å²) in [4.78, 5) is 0. The first kappa shape index (κ1) is 15.4. The highest BCUT2D eigenvalue weighted by atomic mass is 16.5. The molecule has 0 amide bonds. The van der Waals surface area contributed by atoms with Crippen LogP contribution in [0.2, 0.25) is 0 Å². The molecule has 20 heavy (non-hydrogen) atoms. The Morgan fingerprint density at radius 2 is 2.05 bits per heavy atom. The first-order valence-corrected chi connectivity index (χ1v) is 8.04. The molecule has 0 saturated heterocycles. The number of methoxy groups -OCH3 is 1. The smallest absolute Gasteiger partial charge is 0.119 e. The van der Waals surface area contributed by atoms with E-state index in [1.54, 1.807) is 7.11 Å². The van der Waals surface area contributed by atoms with Crippen LogP contribution in [0.5, 0.6) is 5.75 Å². The van der Waals surface area contributed by atoms with Gasteiger partial charge in [-0.2, -0.15) is 0 Å². The fourth-order valence-electron chi connectivity index (χ4n) is 3.66. The summed E-state index contributed by atoms with van der Waals surface area (Å²) in [6.07, 6.45) is 9.08. The number of rotatable bonds is 6. The lowest BCUT2D eigenvalue weighted by atomic mass is 9.67. The molecule has 0 radical (unpaired) electrons. The van der Waals surface area contributed by atoms with E-state index in [1.807, 2.05) is 6.07 Å². The fourth-order valence-corrected chi connectivity index (χ4v) is 3.66. The Labute approximate surface area is 123 Å². The van der Waals surface area contributed by atoms with Crippen molar-refractivity contribution in [2.24, 2.45) is 17.1 Å². The minimum absolute atomic E-state index is 0.316. The minimum Gasteiger partial charge on any atom is -0.497 e. The van der Waals surface area contributed by atoms with Crippen LogP contribution in [0.3, 0.4) is 0 Å². The lowest BCUT2D eigenvalue weighted by molar-refractivity contribution is 0.150. The summed E-state index contributed by atoms with van der Waals surface area (Å²) >= 11 is 0. The van der Waals surface area contributed by atoms with Crippen molar-refractivity contribution in [1.82, 2.24) is 0 Å². The van der Waals surface area contributed by atoms with Gasteiger partial charge in [0.1, 0.15) is 5.75 Å². The maximum absolute atomic E-state index is 6.14. The Morgan fingerprint density at radius 3 is 2.65 bits per heavy atom. The predicted molar refractivity (Wildman–Crippen MR) is 85.1 cm³/mol. The molecule has 2 nitrogen and oxygen atoms in total. The van der Waals surface area contributed by atoms with Gasteiger partial charge in [-0.3, -0.25) is 0 Å². The zero-order chi connectivity index (χ0) is 14.4. The molecule has 112 valence electrons. The maximum Gasteiger partial charge on any atom is 0.119 e. The Morgan fingerprint density at radius 1 is 1.30 bits per heavy atom. The Balaban J connectivity index is 2.01. The molecule has 2 N–H and O–H groups in total. The van der Waals surface area contributed by atoms with Crippen LogP contribution in [0.1, 0.15) is 51.0 Å². The molecule has 1 saturated carbocycles. The Kier molecular flexibility index (Phi) is 5.47. The summed E-state index contributed by atoms with van der Waals surface area (Å²) in [6, 6.07) is 8.46. The van der Waals surface area contributed by atoms with Crippen molar-refractivity contribution in [3.05, 3.63) is 29.8 Å². The maximum atomic E-state index is 6.14. The van der Waals surface area contributed by atoms with Crippen molar-refractivity contribution in [2.45, 2.75) is 51.9 Å². The molecule has 1 aromatic carbocycles. The van der Waals surface area contributed by atoms with Crippen LogP contribution in [0, 0.1) is 11.3 Å². The SMILES string of the molecule is CCCC1CCC(CN)(Cc2cccc(OC)c2)CC1. The van der Waals surface area contributed by atoms with E-state index in [0.29, 0.717) is 5.41 Å². The molecule has 0 bridgehead atoms. The number of ether oxygens (including phenoxy) is 1. The highest BCUT2D eigenvalue weighted by Gasteiger charge is 2.33. The summed E-state index contributed by atoms with van der Waals surface area (Å²) in [7, 11) is 1.73. The molecule has 0 heterocycles. The van der Waals surface area contributed by atoms with Gasteiger partial charge in [0, 0.05) is 0 Å². The van der Waals surface area contributed by atoms with E-state index in [0.717, 1.165) is 24.6 Å². The van der Waals surface area contributed by atoms with Gasteiger partial charge in [0.25, 0.3) is 0 Å². The first-order valence-electron chi connectivity index (χ1n) is 8.04. The molecule has 0 unspecified atom stereocenters. The third-order valence-electron chi connectivity index (χ3n) is 5.01. The molecule has 0 aliphatic heterocycles. The van der Waals surface area contributed by atoms with Gasteiger partial charge in [-0.25, -0.2) is 0 Å². The molecule has 1 aromatic rings. The average molecular weight is 275 g/mol. The molecule has 1 aliphatic rings. The molecule has 1 fully saturated rings. The van der Waals surface area contributed by atoms with Gasteiger partial charge in [-0.1, -0.05) is 31.9 Å². The third-order valence-corrected chi connectivity index (χ3v) is 5.01. The molecule has 0 spiro atoms. The van der Waals surface area contributed by atoms with Gasteiger partial charge < -0.3 is 10.5 Å². The molecule has 1 aliphatic carbocycles. The normalized spacial score (nSPS) is 26.4. The van der Waals surface area contributed by atoms with E-state index in [1.165, 1.54) is 44.1 Å². The standard InChI is InChI=1S/C18H29NO/c1-3-5-15-8-10-18(14-19,11-9-15)13-16-6-4-7-17(12-16)20-2/h4,6-7,12,15H,3,5,8-11,13-14,19H2,1-2H3. The summed E-state index contributed by atoms with van der Waals surface area (Å²) in [5, 5.41) is 0. The fraction of sp³-hybridized carbons (Fsp3) is 0.667. The second-order valence-electron chi connectivity index (χ2n) is 6.46. The van der Waals surface area contributed by atoms with E-state index in [4.69, 9.17) is 10.5 Å². The van der Waals surface area contributed by atoms with Crippen LogP contribution in [-0.2, 0) is 6.42 Å². The number of hydrogen-bond donors (Lipinski definition) is 1. The van der Waals surface area contributed by atoms with Crippen LogP contribution < -0.4 is 10.5 Å². The zero-order valence-corrected chi connectivity index (χ0v) is 13.0. The van der Waals surface area contributed by atoms with Gasteiger partial charge in [0.2, 0.25) is 0 Å². The van der Waals surface area contributed by atoms with Crippen LogP contribution in [-0.4, -0.2) is 13.7 Å². The topological polar surface area (TPSA) is 35.2 Å². The average Bonchev–Trinajstić information content (AvgIpc) is 2.50. The van der Waals surface area contributed by atoms with E-state index >= 15 is 0 Å². The van der Waals surface area contributed by atoms with Crippen LogP contribution in [0.15, 0.2) is 24.3 Å². The summed E-state index contributed by atoms with van der Waals surface area (Å²) in [5.41, 5.74) is 7.83. The van der Waals surface area contributed by atoms with Crippen LogP contribution in [0.25, 0.3) is 0 Å².